The lowest BCUT2D eigenvalue weighted by atomic mass is 10.1. The highest BCUT2D eigenvalue weighted by Crippen LogP contribution is 2.21. The maximum atomic E-state index is 13.9. The Balaban J connectivity index is 2.09. The third-order valence-electron chi connectivity index (χ3n) is 3.26. The molecule has 5 heteroatoms. The van der Waals surface area contributed by atoms with E-state index in [9.17, 15) is 9.18 Å². The zero-order valence-electron chi connectivity index (χ0n) is 12.9. The van der Waals surface area contributed by atoms with Crippen molar-refractivity contribution in [2.75, 3.05) is 7.11 Å². The van der Waals surface area contributed by atoms with Gasteiger partial charge in [-0.15, -0.1) is 0 Å². The number of hydrogen-bond acceptors (Lipinski definition) is 3. The van der Waals surface area contributed by atoms with Gasteiger partial charge in [-0.1, -0.05) is 12.1 Å². The Morgan fingerprint density at radius 2 is 2.05 bits per heavy atom. The number of amides is 1. The third kappa shape index (κ3) is 3.81. The van der Waals surface area contributed by atoms with Crippen molar-refractivity contribution in [1.29, 1.82) is 0 Å². The van der Waals surface area contributed by atoms with Gasteiger partial charge in [-0.2, -0.15) is 0 Å². The fourth-order valence-corrected chi connectivity index (χ4v) is 2.27. The molecule has 1 heterocycles. The average Bonchev–Trinajstić information content (AvgIpc) is 2.46. The second-order valence-corrected chi connectivity index (χ2v) is 5.17. The summed E-state index contributed by atoms with van der Waals surface area (Å²) >= 11 is 0. The molecular formula is C17H19FN2O2. The van der Waals surface area contributed by atoms with Crippen molar-refractivity contribution in [2.24, 2.45) is 0 Å². The molecule has 0 fully saturated rings. The first-order chi connectivity index (χ1) is 10.5. The molecule has 2 aromatic rings. The molecule has 0 aliphatic carbocycles. The van der Waals surface area contributed by atoms with E-state index in [0.29, 0.717) is 6.42 Å². The number of hydrogen-bond donors (Lipinski definition) is 1. The van der Waals surface area contributed by atoms with Gasteiger partial charge in [-0.05, 0) is 38.1 Å². The van der Waals surface area contributed by atoms with E-state index in [2.05, 4.69) is 10.3 Å². The van der Waals surface area contributed by atoms with Gasteiger partial charge in [-0.3, -0.25) is 9.78 Å². The van der Waals surface area contributed by atoms with Crippen LogP contribution < -0.4 is 10.1 Å². The van der Waals surface area contributed by atoms with E-state index in [1.165, 1.54) is 19.2 Å². The van der Waals surface area contributed by atoms with Crippen molar-refractivity contribution in [2.45, 2.75) is 26.3 Å². The first-order valence-electron chi connectivity index (χ1n) is 7.07. The number of rotatable bonds is 5. The van der Waals surface area contributed by atoms with Crippen molar-refractivity contribution in [3.8, 4) is 5.75 Å². The second-order valence-electron chi connectivity index (χ2n) is 5.17. The highest BCUT2D eigenvalue weighted by molar-refractivity contribution is 5.97. The lowest BCUT2D eigenvalue weighted by Crippen LogP contribution is -2.35. The molecule has 2 rings (SSSR count). The topological polar surface area (TPSA) is 51.2 Å². The highest BCUT2D eigenvalue weighted by atomic mass is 19.1. The van der Waals surface area contributed by atoms with Gasteiger partial charge in [-0.25, -0.2) is 4.39 Å². The van der Waals surface area contributed by atoms with Crippen LogP contribution in [0.2, 0.25) is 0 Å². The van der Waals surface area contributed by atoms with Crippen molar-refractivity contribution in [3.63, 3.8) is 0 Å². The van der Waals surface area contributed by atoms with Crippen molar-refractivity contribution in [3.05, 3.63) is 59.2 Å². The number of halogens is 1. The van der Waals surface area contributed by atoms with Crippen LogP contribution in [0.1, 0.15) is 28.7 Å². The summed E-state index contributed by atoms with van der Waals surface area (Å²) < 4.78 is 18.9. The van der Waals surface area contributed by atoms with Crippen LogP contribution in [-0.4, -0.2) is 24.0 Å². The van der Waals surface area contributed by atoms with Gasteiger partial charge in [0.15, 0.2) is 0 Å². The number of ether oxygens (including phenoxy) is 1. The van der Waals surface area contributed by atoms with Gasteiger partial charge in [0, 0.05) is 23.9 Å². The maximum Gasteiger partial charge on any atom is 0.258 e. The Kier molecular flexibility index (Phi) is 5.09. The number of benzene rings is 1. The standard InChI is InChI=1S/C17H19FN2O2/c1-11-6-4-7-13(19-11)10-12(2)20-17(21)16-14(18)8-5-9-15(16)22-3/h4-9,12H,10H2,1-3H3,(H,20,21)/t12-/m0/s1. The fraction of sp³-hybridized carbons (Fsp3) is 0.294. The van der Waals surface area contributed by atoms with Crippen molar-refractivity contribution in [1.82, 2.24) is 10.3 Å². The molecule has 0 aliphatic rings. The molecule has 1 amide bonds. The SMILES string of the molecule is COc1cccc(F)c1C(=O)N[C@@H](C)Cc1cccc(C)n1. The molecular weight excluding hydrogens is 283 g/mol. The highest BCUT2D eigenvalue weighted by Gasteiger charge is 2.19. The second kappa shape index (κ2) is 7.02. The molecule has 0 saturated heterocycles. The minimum Gasteiger partial charge on any atom is -0.496 e. The van der Waals surface area contributed by atoms with E-state index in [-0.39, 0.29) is 17.4 Å². The van der Waals surface area contributed by atoms with Crippen molar-refractivity contribution < 1.29 is 13.9 Å². The molecule has 0 unspecified atom stereocenters. The summed E-state index contributed by atoms with van der Waals surface area (Å²) in [5.41, 5.74) is 1.73. The first-order valence-corrected chi connectivity index (χ1v) is 7.07. The molecule has 116 valence electrons. The van der Waals surface area contributed by atoms with Crippen LogP contribution in [0.25, 0.3) is 0 Å². The maximum absolute atomic E-state index is 13.9. The molecule has 1 aromatic heterocycles. The Labute approximate surface area is 129 Å². The summed E-state index contributed by atoms with van der Waals surface area (Å²) in [6, 6.07) is 9.87. The normalized spacial score (nSPS) is 11.8. The van der Waals surface area contributed by atoms with Gasteiger partial charge in [0.2, 0.25) is 0 Å². The summed E-state index contributed by atoms with van der Waals surface area (Å²) in [6.07, 6.45) is 0.574. The molecule has 1 N–H and O–H groups in total. The predicted molar refractivity (Wildman–Crippen MR) is 82.6 cm³/mol. The lowest BCUT2D eigenvalue weighted by Gasteiger charge is -2.15. The summed E-state index contributed by atoms with van der Waals surface area (Å²) in [6.45, 7) is 3.77. The Morgan fingerprint density at radius 1 is 1.32 bits per heavy atom. The van der Waals surface area contributed by atoms with Gasteiger partial charge >= 0.3 is 0 Å². The van der Waals surface area contributed by atoms with E-state index < -0.39 is 11.7 Å². The number of carbonyl (C=O) groups is 1. The van der Waals surface area contributed by atoms with E-state index in [1.54, 1.807) is 6.07 Å². The summed E-state index contributed by atoms with van der Waals surface area (Å²) in [5, 5.41) is 2.78. The predicted octanol–water partition coefficient (Wildman–Crippen LogP) is 2.90. The van der Waals surface area contributed by atoms with E-state index in [4.69, 9.17) is 4.74 Å². The number of methoxy groups -OCH3 is 1. The minimum atomic E-state index is -0.599. The molecule has 0 saturated carbocycles. The number of aryl methyl sites for hydroxylation is 1. The van der Waals surface area contributed by atoms with Crippen molar-refractivity contribution >= 4 is 5.91 Å². The molecule has 0 spiro atoms. The van der Waals surface area contributed by atoms with E-state index in [1.807, 2.05) is 32.0 Å². The average molecular weight is 302 g/mol. The van der Waals surface area contributed by atoms with Crippen LogP contribution in [0.3, 0.4) is 0 Å². The largest absolute Gasteiger partial charge is 0.496 e. The number of carbonyl (C=O) groups excluding carboxylic acids is 1. The molecule has 1 atom stereocenters. The zero-order chi connectivity index (χ0) is 16.1. The lowest BCUT2D eigenvalue weighted by molar-refractivity contribution is 0.0932. The summed E-state index contributed by atoms with van der Waals surface area (Å²) in [4.78, 5) is 16.7. The Hall–Kier alpha value is -2.43. The number of pyridine rings is 1. The van der Waals surface area contributed by atoms with Gasteiger partial charge in [0.1, 0.15) is 17.1 Å². The molecule has 0 aliphatic heterocycles. The van der Waals surface area contributed by atoms with Gasteiger partial charge in [0.25, 0.3) is 5.91 Å². The van der Waals surface area contributed by atoms with E-state index in [0.717, 1.165) is 11.4 Å². The summed E-state index contributed by atoms with van der Waals surface area (Å²) in [5.74, 6) is -0.869. The minimum absolute atomic E-state index is 0.0750. The fourth-order valence-electron chi connectivity index (χ4n) is 2.27. The Bertz CT molecular complexity index is 673. The smallest absolute Gasteiger partial charge is 0.258 e. The zero-order valence-corrected chi connectivity index (χ0v) is 12.9. The van der Waals surface area contributed by atoms with Crippen LogP contribution in [-0.2, 0) is 6.42 Å². The number of aromatic nitrogens is 1. The number of nitrogens with zero attached hydrogens (tertiary/aromatic N) is 1. The van der Waals surface area contributed by atoms with Crippen LogP contribution in [0.4, 0.5) is 4.39 Å². The monoisotopic (exact) mass is 302 g/mol. The van der Waals surface area contributed by atoms with Gasteiger partial charge < -0.3 is 10.1 Å². The first kappa shape index (κ1) is 15.9. The molecule has 22 heavy (non-hydrogen) atoms. The quantitative estimate of drug-likeness (QED) is 0.924. The molecule has 1 aromatic carbocycles. The van der Waals surface area contributed by atoms with Gasteiger partial charge in [0.05, 0.1) is 7.11 Å². The Morgan fingerprint density at radius 3 is 2.73 bits per heavy atom. The third-order valence-corrected chi connectivity index (χ3v) is 3.26. The van der Waals surface area contributed by atoms with Crippen LogP contribution in [0.5, 0.6) is 5.75 Å². The number of nitrogens with one attached hydrogen (secondary N) is 1. The van der Waals surface area contributed by atoms with Crippen LogP contribution in [0, 0.1) is 12.7 Å². The molecule has 0 bridgehead atoms. The van der Waals surface area contributed by atoms with E-state index >= 15 is 0 Å². The van der Waals surface area contributed by atoms with Crippen LogP contribution in [0.15, 0.2) is 36.4 Å². The van der Waals surface area contributed by atoms with Crippen LogP contribution >= 0.6 is 0 Å². The molecule has 0 radical (unpaired) electrons. The summed E-state index contributed by atoms with van der Waals surface area (Å²) in [7, 11) is 1.41. The molecule has 4 nitrogen and oxygen atoms in total.